The molecule has 0 unspecified atom stereocenters. The van der Waals surface area contributed by atoms with Gasteiger partial charge < -0.3 is 9.84 Å². The molecule has 1 aromatic carbocycles. The first-order valence-electron chi connectivity index (χ1n) is 4.74. The van der Waals surface area contributed by atoms with E-state index in [0.717, 1.165) is 30.6 Å². The van der Waals surface area contributed by atoms with Gasteiger partial charge in [-0.15, -0.1) is 0 Å². The predicted molar refractivity (Wildman–Crippen MR) is 55.4 cm³/mol. The summed E-state index contributed by atoms with van der Waals surface area (Å²) >= 11 is 0. The van der Waals surface area contributed by atoms with Gasteiger partial charge in [0.05, 0.1) is 12.4 Å². The molecule has 0 bridgehead atoms. The molecule has 0 aliphatic rings. The average molecular weight is 252 g/mol. The van der Waals surface area contributed by atoms with Crippen LogP contribution in [-0.2, 0) is 0 Å². The minimum Gasteiger partial charge on any atom is -0.476 e. The lowest BCUT2D eigenvalue weighted by molar-refractivity contribution is 0.0689. The Morgan fingerprint density at radius 2 is 2.06 bits per heavy atom. The predicted octanol–water partition coefficient (Wildman–Crippen LogP) is 2.25. The van der Waals surface area contributed by atoms with Gasteiger partial charge in [0.25, 0.3) is 0 Å². The average Bonchev–Trinajstić information content (AvgIpc) is 2.34. The van der Waals surface area contributed by atoms with Crippen LogP contribution in [0.4, 0.5) is 8.78 Å². The minimum absolute atomic E-state index is 0.237. The first-order chi connectivity index (χ1) is 8.56. The van der Waals surface area contributed by atoms with Crippen molar-refractivity contribution in [1.29, 1.82) is 0 Å². The Morgan fingerprint density at radius 3 is 2.78 bits per heavy atom. The molecule has 18 heavy (non-hydrogen) atoms. The number of rotatable bonds is 3. The number of nitrogens with zero attached hydrogens (tertiary/aromatic N) is 2. The number of aromatic nitrogens is 2. The normalized spacial score (nSPS) is 10.1. The third kappa shape index (κ3) is 2.57. The molecule has 2 aromatic rings. The number of benzene rings is 1. The van der Waals surface area contributed by atoms with E-state index in [1.807, 2.05) is 0 Å². The molecule has 0 saturated heterocycles. The highest BCUT2D eigenvalue weighted by Gasteiger charge is 2.10. The maximum Gasteiger partial charge on any atom is 0.356 e. The van der Waals surface area contributed by atoms with Crippen LogP contribution in [0.25, 0.3) is 0 Å². The summed E-state index contributed by atoms with van der Waals surface area (Å²) in [6, 6.07) is 2.64. The minimum atomic E-state index is -1.30. The summed E-state index contributed by atoms with van der Waals surface area (Å²) in [5.41, 5.74) is -0.357. The zero-order valence-corrected chi connectivity index (χ0v) is 8.80. The van der Waals surface area contributed by atoms with Crippen LogP contribution >= 0.6 is 0 Å². The van der Waals surface area contributed by atoms with E-state index in [4.69, 9.17) is 9.84 Å². The second kappa shape index (κ2) is 4.74. The number of hydrogen-bond acceptors (Lipinski definition) is 4. The molecule has 0 atom stereocenters. The smallest absolute Gasteiger partial charge is 0.356 e. The van der Waals surface area contributed by atoms with Crippen molar-refractivity contribution in [2.75, 3.05) is 0 Å². The molecule has 0 spiro atoms. The number of aromatic carboxylic acids is 1. The molecule has 7 heteroatoms. The molecular formula is C11H6F2N2O3. The van der Waals surface area contributed by atoms with Gasteiger partial charge in [0.1, 0.15) is 5.82 Å². The van der Waals surface area contributed by atoms with Gasteiger partial charge in [0.2, 0.25) is 5.88 Å². The molecule has 1 N–H and O–H groups in total. The van der Waals surface area contributed by atoms with Crippen LogP contribution in [0, 0.1) is 11.6 Å². The number of hydrogen-bond donors (Lipinski definition) is 1. The molecule has 2 rings (SSSR count). The Morgan fingerprint density at radius 1 is 1.28 bits per heavy atom. The highest BCUT2D eigenvalue weighted by Crippen LogP contribution is 2.23. The summed E-state index contributed by atoms with van der Waals surface area (Å²) in [5.74, 6) is -3.41. The summed E-state index contributed by atoms with van der Waals surface area (Å²) in [4.78, 5) is 17.8. The van der Waals surface area contributed by atoms with E-state index >= 15 is 0 Å². The van der Waals surface area contributed by atoms with Crippen molar-refractivity contribution in [3.8, 4) is 11.6 Å². The van der Waals surface area contributed by atoms with Gasteiger partial charge in [-0.3, -0.25) is 4.98 Å². The fourth-order valence-corrected chi connectivity index (χ4v) is 1.17. The Kier molecular flexibility index (Phi) is 3.13. The van der Waals surface area contributed by atoms with Crippen LogP contribution in [0.3, 0.4) is 0 Å². The molecule has 1 aromatic heterocycles. The second-order valence-corrected chi connectivity index (χ2v) is 3.22. The Labute approximate surface area is 99.7 Å². The maximum absolute atomic E-state index is 13.3. The Bertz CT molecular complexity index is 605. The molecule has 0 aliphatic heterocycles. The summed E-state index contributed by atoms with van der Waals surface area (Å²) in [6.07, 6.45) is 2.11. The van der Waals surface area contributed by atoms with Crippen molar-refractivity contribution in [3.05, 3.63) is 47.9 Å². The Hall–Kier alpha value is -2.57. The zero-order chi connectivity index (χ0) is 13.1. The lowest BCUT2D eigenvalue weighted by Crippen LogP contribution is -2.02. The van der Waals surface area contributed by atoms with Crippen LogP contribution < -0.4 is 4.74 Å². The van der Waals surface area contributed by atoms with Crippen molar-refractivity contribution in [2.24, 2.45) is 0 Å². The highest BCUT2D eigenvalue weighted by atomic mass is 19.1. The molecule has 0 saturated carbocycles. The number of carbonyl (C=O) groups is 1. The monoisotopic (exact) mass is 252 g/mol. The van der Waals surface area contributed by atoms with Crippen molar-refractivity contribution < 1.29 is 23.4 Å². The van der Waals surface area contributed by atoms with Gasteiger partial charge in [-0.2, -0.15) is 0 Å². The maximum atomic E-state index is 13.3. The van der Waals surface area contributed by atoms with E-state index in [-0.39, 0.29) is 11.6 Å². The summed E-state index contributed by atoms with van der Waals surface area (Å²) in [6.45, 7) is 0. The molecule has 5 nitrogen and oxygen atoms in total. The van der Waals surface area contributed by atoms with Gasteiger partial charge in [0, 0.05) is 6.07 Å². The first-order valence-corrected chi connectivity index (χ1v) is 4.74. The molecule has 92 valence electrons. The van der Waals surface area contributed by atoms with E-state index in [0.29, 0.717) is 0 Å². The van der Waals surface area contributed by atoms with Crippen molar-refractivity contribution >= 4 is 5.97 Å². The van der Waals surface area contributed by atoms with Gasteiger partial charge in [-0.05, 0) is 12.1 Å². The quantitative estimate of drug-likeness (QED) is 0.906. The van der Waals surface area contributed by atoms with Crippen molar-refractivity contribution in [2.45, 2.75) is 0 Å². The summed E-state index contributed by atoms with van der Waals surface area (Å²) < 4.78 is 31.1. The van der Waals surface area contributed by atoms with Gasteiger partial charge in [0.15, 0.2) is 17.3 Å². The lowest BCUT2D eigenvalue weighted by Gasteiger charge is -2.05. The van der Waals surface area contributed by atoms with Crippen LogP contribution in [0.15, 0.2) is 30.6 Å². The molecule has 0 aliphatic carbocycles. The fraction of sp³-hybridized carbons (Fsp3) is 0. The fourth-order valence-electron chi connectivity index (χ4n) is 1.17. The number of halogens is 2. The van der Waals surface area contributed by atoms with Crippen molar-refractivity contribution in [3.63, 3.8) is 0 Å². The lowest BCUT2D eigenvalue weighted by atomic mass is 10.3. The highest BCUT2D eigenvalue weighted by molar-refractivity contribution is 5.84. The third-order valence-corrected chi connectivity index (χ3v) is 1.94. The zero-order valence-electron chi connectivity index (χ0n) is 8.80. The second-order valence-electron chi connectivity index (χ2n) is 3.22. The SMILES string of the molecule is O=C(O)c1cncc(Oc2cc(F)ccc2F)n1. The summed E-state index contributed by atoms with van der Waals surface area (Å²) in [7, 11) is 0. The summed E-state index contributed by atoms with van der Waals surface area (Å²) in [5, 5.41) is 8.68. The largest absolute Gasteiger partial charge is 0.476 e. The molecule has 0 fully saturated rings. The van der Waals surface area contributed by atoms with Gasteiger partial charge in [-0.1, -0.05) is 0 Å². The number of ether oxygens (including phenoxy) is 1. The topological polar surface area (TPSA) is 72.3 Å². The van der Waals surface area contributed by atoms with E-state index < -0.39 is 23.4 Å². The van der Waals surface area contributed by atoms with E-state index in [1.165, 1.54) is 0 Å². The van der Waals surface area contributed by atoms with Gasteiger partial charge in [-0.25, -0.2) is 18.6 Å². The van der Waals surface area contributed by atoms with Crippen LogP contribution in [0.5, 0.6) is 11.6 Å². The third-order valence-electron chi connectivity index (χ3n) is 1.94. The molecule has 0 radical (unpaired) electrons. The Balaban J connectivity index is 2.31. The molecule has 1 heterocycles. The molecular weight excluding hydrogens is 246 g/mol. The number of carboxylic acid groups (broad SMARTS) is 1. The van der Waals surface area contributed by atoms with E-state index in [2.05, 4.69) is 9.97 Å². The van der Waals surface area contributed by atoms with E-state index in [9.17, 15) is 13.6 Å². The van der Waals surface area contributed by atoms with Crippen LogP contribution in [-0.4, -0.2) is 21.0 Å². The first kappa shape index (κ1) is 11.9. The van der Waals surface area contributed by atoms with Gasteiger partial charge >= 0.3 is 5.97 Å². The molecule has 0 amide bonds. The van der Waals surface area contributed by atoms with E-state index in [1.54, 1.807) is 0 Å². The van der Waals surface area contributed by atoms with Crippen LogP contribution in [0.1, 0.15) is 10.5 Å². The standard InChI is InChI=1S/C11H6F2N2O3/c12-6-1-2-7(13)9(3-6)18-10-5-14-4-8(15-10)11(16)17/h1-5H,(H,16,17). The number of carboxylic acids is 1. The van der Waals surface area contributed by atoms with Crippen molar-refractivity contribution in [1.82, 2.24) is 9.97 Å². The van der Waals surface area contributed by atoms with Crippen LogP contribution in [0.2, 0.25) is 0 Å².